The van der Waals surface area contributed by atoms with Gasteiger partial charge in [0.1, 0.15) is 6.73 Å². The normalized spacial score (nSPS) is 20.4. The van der Waals surface area contributed by atoms with Crippen molar-refractivity contribution >= 4 is 17.6 Å². The van der Waals surface area contributed by atoms with Gasteiger partial charge in [0.05, 0.1) is 13.7 Å². The van der Waals surface area contributed by atoms with Gasteiger partial charge in [-0.05, 0) is 56.8 Å². The van der Waals surface area contributed by atoms with E-state index in [0.29, 0.717) is 36.2 Å². The highest BCUT2D eigenvalue weighted by molar-refractivity contribution is 6.05. The number of hydrogen-bond acceptors (Lipinski definition) is 5. The summed E-state index contributed by atoms with van der Waals surface area (Å²) in [5.41, 5.74) is 0.556. The number of likely N-dealkylation sites (tertiary alicyclic amines) is 1. The highest BCUT2D eigenvalue weighted by Gasteiger charge is 2.22. The highest BCUT2D eigenvalue weighted by atomic mass is 19.1. The minimum absolute atomic E-state index is 0.196. The molecule has 190 valence electrons. The predicted octanol–water partition coefficient (Wildman–Crippen LogP) is 3.81. The molecule has 1 saturated carbocycles. The van der Waals surface area contributed by atoms with E-state index in [1.807, 2.05) is 0 Å². The van der Waals surface area contributed by atoms with E-state index in [1.54, 1.807) is 19.2 Å². The van der Waals surface area contributed by atoms with Gasteiger partial charge >= 0.3 is 0 Å². The fourth-order valence-corrected chi connectivity index (χ4v) is 4.71. The van der Waals surface area contributed by atoms with Crippen molar-refractivity contribution in [1.82, 2.24) is 15.5 Å². The second-order valence-corrected chi connectivity index (χ2v) is 8.99. The predicted molar refractivity (Wildman–Crippen MR) is 136 cm³/mol. The monoisotopic (exact) mass is 476 g/mol. The number of nitrogens with one attached hydrogen (secondary N) is 3. The van der Waals surface area contributed by atoms with E-state index in [2.05, 4.69) is 37.8 Å². The Labute approximate surface area is 203 Å². The fourth-order valence-electron chi connectivity index (χ4n) is 4.71. The van der Waals surface area contributed by atoms with Gasteiger partial charge in [-0.1, -0.05) is 26.2 Å². The first-order valence-corrected chi connectivity index (χ1v) is 12.6. The van der Waals surface area contributed by atoms with Crippen LogP contribution in [-0.4, -0.2) is 70.0 Å². The molecule has 1 aliphatic carbocycles. The minimum atomic E-state index is -0.441. The average Bonchev–Trinajstić information content (AvgIpc) is 3.32. The van der Waals surface area contributed by atoms with Crippen molar-refractivity contribution < 1.29 is 13.9 Å². The topological polar surface area (TPSA) is 82.5 Å². The van der Waals surface area contributed by atoms with E-state index < -0.39 is 5.82 Å². The molecule has 0 amide bonds. The van der Waals surface area contributed by atoms with Crippen LogP contribution in [0.5, 0.6) is 5.75 Å². The molecule has 2 fully saturated rings. The number of anilines is 1. The lowest BCUT2D eigenvalue weighted by Crippen LogP contribution is -2.45. The standard InChI is InChI=1S/C25H41FN6O2/c1-4-32-14-8-11-21(32)17-34-18-29-25(30-20-12-13-23(33-3)22(26)15-20)31-24(27-2)28-16-19-9-6-5-7-10-19/h12-13,15,19,21H,4-11,14,16-18H2,1-3H3,(H3,27,28,29,30,31). The molecule has 1 atom stereocenters. The van der Waals surface area contributed by atoms with Crippen LogP contribution in [0.15, 0.2) is 28.2 Å². The minimum Gasteiger partial charge on any atom is -0.494 e. The first kappa shape index (κ1) is 26.2. The van der Waals surface area contributed by atoms with Crippen molar-refractivity contribution in [3.63, 3.8) is 0 Å². The summed E-state index contributed by atoms with van der Waals surface area (Å²) >= 11 is 0. The van der Waals surface area contributed by atoms with Gasteiger partial charge in [-0.15, -0.1) is 0 Å². The number of ether oxygens (including phenoxy) is 2. The van der Waals surface area contributed by atoms with Gasteiger partial charge in [0.25, 0.3) is 0 Å². The molecule has 0 spiro atoms. The Balaban J connectivity index is 1.60. The fraction of sp³-hybridized carbons (Fsp3) is 0.680. The van der Waals surface area contributed by atoms with Crippen LogP contribution in [0, 0.1) is 11.7 Å². The summed E-state index contributed by atoms with van der Waals surface area (Å²) in [6.45, 7) is 6.07. The molecule has 3 rings (SSSR count). The molecule has 1 saturated heterocycles. The molecule has 1 aromatic rings. The molecule has 2 aliphatic rings. The van der Waals surface area contributed by atoms with Gasteiger partial charge in [0, 0.05) is 31.4 Å². The van der Waals surface area contributed by atoms with Crippen molar-refractivity contribution in [2.75, 3.05) is 52.4 Å². The third kappa shape index (κ3) is 8.13. The van der Waals surface area contributed by atoms with Crippen molar-refractivity contribution in [3.8, 4) is 5.75 Å². The maximum atomic E-state index is 14.2. The molecule has 8 nitrogen and oxygen atoms in total. The van der Waals surface area contributed by atoms with Crippen LogP contribution in [0.1, 0.15) is 51.9 Å². The van der Waals surface area contributed by atoms with E-state index in [0.717, 1.165) is 26.1 Å². The molecule has 0 radical (unpaired) electrons. The number of hydrogen-bond donors (Lipinski definition) is 3. The van der Waals surface area contributed by atoms with Crippen molar-refractivity contribution in [2.45, 2.75) is 57.9 Å². The molecule has 0 aromatic heterocycles. The lowest BCUT2D eigenvalue weighted by molar-refractivity contribution is 0.0840. The maximum Gasteiger partial charge on any atom is 0.204 e. The molecular formula is C25H41FN6O2. The Morgan fingerprint density at radius 3 is 2.68 bits per heavy atom. The summed E-state index contributed by atoms with van der Waals surface area (Å²) in [5, 5.41) is 9.79. The van der Waals surface area contributed by atoms with Gasteiger partial charge in [-0.25, -0.2) is 9.38 Å². The largest absolute Gasteiger partial charge is 0.494 e. The number of likely N-dealkylation sites (N-methyl/N-ethyl adjacent to an activating group) is 1. The molecule has 9 heteroatoms. The number of benzene rings is 1. The van der Waals surface area contributed by atoms with E-state index in [4.69, 9.17) is 9.47 Å². The third-order valence-corrected chi connectivity index (χ3v) is 6.69. The average molecular weight is 477 g/mol. The van der Waals surface area contributed by atoms with Crippen LogP contribution < -0.4 is 20.7 Å². The smallest absolute Gasteiger partial charge is 0.204 e. The van der Waals surface area contributed by atoms with Crippen molar-refractivity contribution in [1.29, 1.82) is 0 Å². The molecular weight excluding hydrogens is 435 g/mol. The number of aliphatic imine (C=N–C) groups is 2. The highest BCUT2D eigenvalue weighted by Crippen LogP contribution is 2.23. The van der Waals surface area contributed by atoms with Crippen LogP contribution >= 0.6 is 0 Å². The van der Waals surface area contributed by atoms with Gasteiger partial charge in [0.15, 0.2) is 17.5 Å². The zero-order valence-electron chi connectivity index (χ0n) is 20.9. The SMILES string of the molecule is CCN1CCCC1COC/N=C(\NC(=NC)NCC1CCCCC1)Nc1ccc(OC)c(F)c1. The second-order valence-electron chi connectivity index (χ2n) is 8.99. The Kier molecular flexibility index (Phi) is 10.9. The zero-order chi connectivity index (χ0) is 24.2. The molecule has 1 heterocycles. The van der Waals surface area contributed by atoms with Gasteiger partial charge in [-0.3, -0.25) is 15.2 Å². The summed E-state index contributed by atoms with van der Waals surface area (Å²) in [7, 11) is 3.18. The summed E-state index contributed by atoms with van der Waals surface area (Å²) in [5.74, 6) is 1.48. The number of guanidine groups is 2. The van der Waals surface area contributed by atoms with Crippen LogP contribution in [0.4, 0.5) is 10.1 Å². The van der Waals surface area contributed by atoms with E-state index >= 15 is 0 Å². The number of methoxy groups -OCH3 is 1. The van der Waals surface area contributed by atoms with Gasteiger partial charge in [-0.2, -0.15) is 0 Å². The maximum absolute atomic E-state index is 14.2. The van der Waals surface area contributed by atoms with E-state index in [9.17, 15) is 4.39 Å². The van der Waals surface area contributed by atoms with Crippen molar-refractivity contribution in [3.05, 3.63) is 24.0 Å². The third-order valence-electron chi connectivity index (χ3n) is 6.69. The van der Waals surface area contributed by atoms with Crippen LogP contribution in [0.25, 0.3) is 0 Å². The van der Waals surface area contributed by atoms with Crippen LogP contribution in [0.2, 0.25) is 0 Å². The number of halogens is 1. The molecule has 34 heavy (non-hydrogen) atoms. The summed E-state index contributed by atoms with van der Waals surface area (Å²) < 4.78 is 25.1. The Bertz CT molecular complexity index is 813. The Morgan fingerprint density at radius 2 is 1.97 bits per heavy atom. The van der Waals surface area contributed by atoms with Gasteiger partial charge in [0.2, 0.25) is 5.96 Å². The molecule has 0 bridgehead atoms. The lowest BCUT2D eigenvalue weighted by atomic mass is 9.89. The van der Waals surface area contributed by atoms with Crippen LogP contribution in [0.3, 0.4) is 0 Å². The Hall–Kier alpha value is -2.39. The summed E-state index contributed by atoms with van der Waals surface area (Å²) in [6.07, 6.45) is 8.79. The summed E-state index contributed by atoms with van der Waals surface area (Å²) in [4.78, 5) is 11.4. The first-order chi connectivity index (χ1) is 16.6. The number of rotatable bonds is 9. The van der Waals surface area contributed by atoms with E-state index in [1.165, 1.54) is 51.7 Å². The van der Waals surface area contributed by atoms with Crippen molar-refractivity contribution in [2.24, 2.45) is 15.9 Å². The lowest BCUT2D eigenvalue weighted by Gasteiger charge is -2.23. The zero-order valence-corrected chi connectivity index (χ0v) is 20.9. The quantitative estimate of drug-likeness (QED) is 0.286. The Morgan fingerprint density at radius 1 is 1.15 bits per heavy atom. The molecule has 1 aliphatic heterocycles. The first-order valence-electron chi connectivity index (χ1n) is 12.6. The molecule has 1 aromatic carbocycles. The van der Waals surface area contributed by atoms with E-state index in [-0.39, 0.29) is 12.5 Å². The van der Waals surface area contributed by atoms with Crippen LogP contribution in [-0.2, 0) is 4.74 Å². The number of nitrogens with zero attached hydrogens (tertiary/aromatic N) is 3. The summed E-state index contributed by atoms with van der Waals surface area (Å²) in [6, 6.07) is 5.16. The van der Waals surface area contributed by atoms with Gasteiger partial charge < -0.3 is 20.1 Å². The molecule has 3 N–H and O–H groups in total. The second kappa shape index (κ2) is 14.1. The molecule has 1 unspecified atom stereocenters.